The maximum absolute atomic E-state index is 14.0. The van der Waals surface area contributed by atoms with Crippen molar-refractivity contribution in [2.24, 2.45) is 11.8 Å². The van der Waals surface area contributed by atoms with Crippen LogP contribution in [0.2, 0.25) is 0 Å². The zero-order chi connectivity index (χ0) is 29.0. The largest absolute Gasteiger partial charge is 0.359 e. The number of fused-ring (bicyclic) bond motifs is 3. The molecule has 10 heteroatoms. The third-order valence-electron chi connectivity index (χ3n) is 7.88. The number of carbonyl (C=O) groups excluding carboxylic acids is 4. The van der Waals surface area contributed by atoms with Gasteiger partial charge < -0.3 is 4.90 Å². The number of halogens is 1. The van der Waals surface area contributed by atoms with E-state index in [0.717, 1.165) is 9.37 Å². The predicted molar refractivity (Wildman–Crippen MR) is 153 cm³/mol. The molecule has 0 spiro atoms. The third kappa shape index (κ3) is 4.31. The highest BCUT2D eigenvalue weighted by Crippen LogP contribution is 2.47. The van der Waals surface area contributed by atoms with E-state index in [0.29, 0.717) is 22.3 Å². The lowest BCUT2D eigenvalue weighted by Crippen LogP contribution is -2.46. The Morgan fingerprint density at radius 1 is 0.902 bits per heavy atom. The van der Waals surface area contributed by atoms with E-state index in [-0.39, 0.29) is 22.9 Å². The van der Waals surface area contributed by atoms with E-state index in [1.807, 2.05) is 0 Å². The predicted octanol–water partition coefficient (Wildman–Crippen LogP) is 5.04. The summed E-state index contributed by atoms with van der Waals surface area (Å²) in [5.41, 5.74) is 1.67. The Bertz CT molecular complexity index is 1700. The fourth-order valence-corrected chi connectivity index (χ4v) is 6.24. The first kappa shape index (κ1) is 26.5. The van der Waals surface area contributed by atoms with Gasteiger partial charge in [-0.3, -0.25) is 29.3 Å². The topological polar surface area (TPSA) is 118 Å². The minimum Gasteiger partial charge on any atom is -0.359 e. The molecule has 0 aromatic heterocycles. The quantitative estimate of drug-likeness (QED) is 0.166. The van der Waals surface area contributed by atoms with Crippen molar-refractivity contribution in [1.82, 2.24) is 4.90 Å². The summed E-state index contributed by atoms with van der Waals surface area (Å²) in [5, 5.41) is 11.3. The highest BCUT2D eigenvalue weighted by Gasteiger charge is 2.63. The van der Waals surface area contributed by atoms with Crippen LogP contribution in [0.3, 0.4) is 0 Å². The number of benzene rings is 3. The van der Waals surface area contributed by atoms with Crippen molar-refractivity contribution >= 4 is 50.7 Å². The lowest BCUT2D eigenvalue weighted by atomic mass is 9.85. The molecule has 9 nitrogen and oxygen atoms in total. The van der Waals surface area contributed by atoms with Crippen LogP contribution >= 0.6 is 15.9 Å². The fraction of sp³-hybridized carbons (Fsp3) is 0.161. The van der Waals surface area contributed by atoms with Crippen molar-refractivity contribution in [2.45, 2.75) is 19.0 Å². The van der Waals surface area contributed by atoms with Crippen molar-refractivity contribution in [2.75, 3.05) is 4.90 Å². The van der Waals surface area contributed by atoms with E-state index in [4.69, 9.17) is 0 Å². The zero-order valence-corrected chi connectivity index (χ0v) is 23.2. The second-order valence-corrected chi connectivity index (χ2v) is 11.1. The number of hydrogen-bond donors (Lipinski definition) is 0. The van der Waals surface area contributed by atoms with E-state index in [2.05, 4.69) is 15.9 Å². The number of aryl methyl sites for hydroxylation is 1. The van der Waals surface area contributed by atoms with Gasteiger partial charge in [-0.1, -0.05) is 64.5 Å². The Kier molecular flexibility index (Phi) is 6.50. The molecular formula is C31H22BrN3O6. The van der Waals surface area contributed by atoms with Crippen LogP contribution in [-0.4, -0.2) is 45.3 Å². The molecule has 3 aliphatic heterocycles. The van der Waals surface area contributed by atoms with Crippen LogP contribution in [0.5, 0.6) is 0 Å². The van der Waals surface area contributed by atoms with Gasteiger partial charge in [-0.05, 0) is 36.8 Å². The number of Topliss-reactive ketones (excluding diaryl/α,β-unsaturated/α-hetero) is 2. The van der Waals surface area contributed by atoms with Crippen LogP contribution < -0.4 is 4.90 Å². The third-order valence-corrected chi connectivity index (χ3v) is 8.40. The number of anilines is 1. The molecule has 0 saturated carbocycles. The van der Waals surface area contributed by atoms with Crippen molar-refractivity contribution in [3.8, 4) is 0 Å². The van der Waals surface area contributed by atoms with E-state index in [1.165, 1.54) is 18.2 Å². The van der Waals surface area contributed by atoms with Gasteiger partial charge in [0.25, 0.3) is 5.69 Å². The number of nitrogens with zero attached hydrogens (tertiary/aromatic N) is 3. The summed E-state index contributed by atoms with van der Waals surface area (Å²) in [6.45, 7) is 1.59. The van der Waals surface area contributed by atoms with E-state index in [9.17, 15) is 29.3 Å². The number of allylic oxidation sites excluding steroid dienone is 2. The molecule has 3 aromatic rings. The van der Waals surface area contributed by atoms with Gasteiger partial charge in [-0.15, -0.1) is 0 Å². The molecule has 0 bridgehead atoms. The molecule has 4 atom stereocenters. The summed E-state index contributed by atoms with van der Waals surface area (Å²) in [7, 11) is 0. The molecule has 2 amide bonds. The van der Waals surface area contributed by atoms with Gasteiger partial charge in [0.15, 0.2) is 11.6 Å². The Labute approximate surface area is 243 Å². The van der Waals surface area contributed by atoms with E-state index in [1.54, 1.807) is 84.8 Å². The maximum atomic E-state index is 14.0. The fourth-order valence-electron chi connectivity index (χ4n) is 5.98. The van der Waals surface area contributed by atoms with Crippen LogP contribution in [0.25, 0.3) is 0 Å². The standard InChI is InChI=1S/C31H22BrN3O6/c1-17-15-22(35(40)41)11-12-23(17)34-30(38)25-24-16-20(28(36)18-5-3-2-4-6-18)13-14-33(24)27(26(25)31(34)39)29(37)19-7-9-21(32)10-8-19/h2-16,24-27H,1H3/t24-,25-,26-,27-/m0/s1. The molecule has 2 fully saturated rings. The highest BCUT2D eigenvalue weighted by molar-refractivity contribution is 9.10. The first-order chi connectivity index (χ1) is 19.7. The molecule has 2 saturated heterocycles. The van der Waals surface area contributed by atoms with Crippen molar-refractivity contribution in [1.29, 1.82) is 0 Å². The van der Waals surface area contributed by atoms with Gasteiger partial charge in [0, 0.05) is 39.5 Å². The Balaban J connectivity index is 1.44. The second kappa shape index (κ2) is 10.0. The average molecular weight is 612 g/mol. The van der Waals surface area contributed by atoms with E-state index < -0.39 is 40.7 Å². The molecule has 0 radical (unpaired) electrons. The van der Waals surface area contributed by atoms with Crippen LogP contribution in [0.1, 0.15) is 26.3 Å². The lowest BCUT2D eigenvalue weighted by molar-refractivity contribution is -0.384. The molecule has 204 valence electrons. The minimum atomic E-state index is -1.02. The van der Waals surface area contributed by atoms with Crippen molar-refractivity contribution < 1.29 is 24.1 Å². The Morgan fingerprint density at radius 2 is 1.59 bits per heavy atom. The molecule has 3 aromatic carbocycles. The number of hydrogen-bond acceptors (Lipinski definition) is 7. The Morgan fingerprint density at radius 3 is 2.24 bits per heavy atom. The number of non-ortho nitro benzene ring substituents is 1. The van der Waals surface area contributed by atoms with Gasteiger partial charge in [0.2, 0.25) is 11.8 Å². The first-order valence-corrected chi connectivity index (χ1v) is 13.7. The number of nitro benzene ring substituents is 1. The maximum Gasteiger partial charge on any atom is 0.269 e. The molecule has 6 rings (SSSR count). The molecule has 3 heterocycles. The van der Waals surface area contributed by atoms with E-state index >= 15 is 0 Å². The summed E-state index contributed by atoms with van der Waals surface area (Å²) >= 11 is 3.37. The molecule has 0 unspecified atom stereocenters. The first-order valence-electron chi connectivity index (χ1n) is 12.9. The smallest absolute Gasteiger partial charge is 0.269 e. The van der Waals surface area contributed by atoms with Crippen molar-refractivity contribution in [3.05, 3.63) is 128 Å². The van der Waals surface area contributed by atoms with Crippen LogP contribution in [0.15, 0.2) is 101 Å². The normalized spacial score (nSPS) is 22.8. The number of nitro groups is 1. The number of amides is 2. The summed E-state index contributed by atoms with van der Waals surface area (Å²) in [6.07, 6.45) is 4.91. The molecule has 0 N–H and O–H groups in total. The van der Waals surface area contributed by atoms with Crippen LogP contribution in [-0.2, 0) is 9.59 Å². The minimum absolute atomic E-state index is 0.163. The van der Waals surface area contributed by atoms with Crippen LogP contribution in [0, 0.1) is 28.9 Å². The molecule has 0 aliphatic carbocycles. The van der Waals surface area contributed by atoms with Gasteiger partial charge in [0.1, 0.15) is 6.04 Å². The number of imide groups is 1. The summed E-state index contributed by atoms with van der Waals surface area (Å²) in [5.74, 6) is -3.60. The summed E-state index contributed by atoms with van der Waals surface area (Å²) in [4.78, 5) is 68.7. The van der Waals surface area contributed by atoms with Gasteiger partial charge >= 0.3 is 0 Å². The summed E-state index contributed by atoms with van der Waals surface area (Å²) in [6, 6.07) is 17.7. The number of ketones is 2. The van der Waals surface area contributed by atoms with Crippen LogP contribution in [0.4, 0.5) is 11.4 Å². The molecular weight excluding hydrogens is 590 g/mol. The Hall–Kier alpha value is -4.70. The average Bonchev–Trinajstić information content (AvgIpc) is 3.44. The highest BCUT2D eigenvalue weighted by atomic mass is 79.9. The van der Waals surface area contributed by atoms with Gasteiger partial charge in [-0.2, -0.15) is 0 Å². The monoisotopic (exact) mass is 611 g/mol. The van der Waals surface area contributed by atoms with Gasteiger partial charge in [0.05, 0.1) is 28.5 Å². The number of carbonyl (C=O) groups is 4. The molecule has 3 aliphatic rings. The summed E-state index contributed by atoms with van der Waals surface area (Å²) < 4.78 is 0.785. The number of rotatable bonds is 6. The lowest BCUT2D eigenvalue weighted by Gasteiger charge is -2.33. The van der Waals surface area contributed by atoms with Gasteiger partial charge in [-0.25, -0.2) is 4.90 Å². The zero-order valence-electron chi connectivity index (χ0n) is 21.6. The van der Waals surface area contributed by atoms with Crippen molar-refractivity contribution in [3.63, 3.8) is 0 Å². The SMILES string of the molecule is Cc1cc([N+](=O)[O-])ccc1N1C(=O)[C@@H]2[C@H](C1=O)[C@@H](C(=O)c1ccc(Br)cc1)N1C=CC(C(=O)c3ccccc3)=C[C@@H]21. The second-order valence-electron chi connectivity index (χ2n) is 10.2. The molecule has 41 heavy (non-hydrogen) atoms.